The minimum Gasteiger partial charge on any atom is -0.456 e. The standard InChI is InChI=1S/C34H38FIN2O7/c1-19-13-21(3)23(14-20(19)2)32-24-15-26-28(17-30(24)44-31-18-29(40)27(35)16-25(31)32)38(22(4)34(26,5)6)9-11-42-33(41)37(7-10-39)8-12-43-45-36/h13-18,22,39H,7-12H2,1-6H3. The van der Waals surface area contributed by atoms with Gasteiger partial charge in [-0.1, -0.05) is 26.0 Å². The van der Waals surface area contributed by atoms with E-state index in [2.05, 4.69) is 60.9 Å². The smallest absolute Gasteiger partial charge is 0.409 e. The van der Waals surface area contributed by atoms with Crippen LogP contribution in [0.15, 0.2) is 45.6 Å². The Balaban J connectivity index is 1.57. The summed E-state index contributed by atoms with van der Waals surface area (Å²) in [5.74, 6) is -0.507. The van der Waals surface area contributed by atoms with Crippen molar-refractivity contribution >= 4 is 45.8 Å². The van der Waals surface area contributed by atoms with Crippen molar-refractivity contribution < 1.29 is 31.6 Å². The number of aliphatic hydroxyl groups excluding tert-OH is 1. The van der Waals surface area contributed by atoms with E-state index in [-0.39, 0.29) is 44.4 Å². The topological polar surface area (TPSA) is 102 Å². The van der Waals surface area contributed by atoms with Crippen molar-refractivity contribution in [3.05, 3.63) is 74.7 Å². The van der Waals surface area contributed by atoms with Gasteiger partial charge in [-0.25, -0.2) is 14.1 Å². The summed E-state index contributed by atoms with van der Waals surface area (Å²) in [5.41, 5.74) is 7.21. The number of aliphatic hydroxyl groups is 1. The molecule has 2 aromatic carbocycles. The molecule has 0 saturated heterocycles. The van der Waals surface area contributed by atoms with E-state index >= 15 is 0 Å². The van der Waals surface area contributed by atoms with Gasteiger partial charge in [-0.2, -0.15) is 3.22 Å². The van der Waals surface area contributed by atoms with Crippen LogP contribution >= 0.6 is 23.0 Å². The second-order valence-electron chi connectivity index (χ2n) is 12.2. The number of rotatable bonds is 10. The molecule has 1 aliphatic carbocycles. The quantitative estimate of drug-likeness (QED) is 0.0622. The molecule has 240 valence electrons. The van der Waals surface area contributed by atoms with Crippen molar-refractivity contribution in [1.29, 1.82) is 0 Å². The van der Waals surface area contributed by atoms with Crippen molar-refractivity contribution in [3.63, 3.8) is 0 Å². The molecule has 0 fully saturated rings. The summed E-state index contributed by atoms with van der Waals surface area (Å²) in [4.78, 5) is 33.5. The number of carbonyl (C=O) groups is 1. The van der Waals surface area contributed by atoms with Gasteiger partial charge in [0.05, 0.1) is 19.7 Å². The molecule has 0 bridgehead atoms. The van der Waals surface area contributed by atoms with Gasteiger partial charge in [0.2, 0.25) is 5.43 Å². The highest BCUT2D eigenvalue weighted by atomic mass is 127. The highest BCUT2D eigenvalue weighted by molar-refractivity contribution is 14.1. The van der Waals surface area contributed by atoms with E-state index in [0.717, 1.165) is 44.5 Å². The van der Waals surface area contributed by atoms with Gasteiger partial charge < -0.3 is 24.1 Å². The van der Waals surface area contributed by atoms with E-state index in [9.17, 15) is 19.1 Å². The Morgan fingerprint density at radius 3 is 2.49 bits per heavy atom. The van der Waals surface area contributed by atoms with E-state index in [1.807, 2.05) is 13.0 Å². The van der Waals surface area contributed by atoms with E-state index in [1.54, 1.807) is 23.0 Å². The molecule has 0 aromatic heterocycles. The predicted octanol–water partition coefficient (Wildman–Crippen LogP) is 6.84. The zero-order chi connectivity index (χ0) is 32.6. The van der Waals surface area contributed by atoms with Crippen LogP contribution in [0.4, 0.5) is 14.9 Å². The molecule has 2 aliphatic heterocycles. The number of aryl methyl sites for hydroxylation is 3. The fourth-order valence-electron chi connectivity index (χ4n) is 6.25. The number of fused-ring (bicyclic) bond motifs is 3. The molecule has 2 heterocycles. The second kappa shape index (κ2) is 13.2. The second-order valence-corrected chi connectivity index (χ2v) is 12.5. The molecule has 1 N–H and O–H groups in total. The lowest BCUT2D eigenvalue weighted by atomic mass is 9.80. The minimum atomic E-state index is -0.820. The Morgan fingerprint density at radius 2 is 1.78 bits per heavy atom. The number of hydrogen-bond donors (Lipinski definition) is 1. The van der Waals surface area contributed by atoms with E-state index in [4.69, 9.17) is 14.0 Å². The third-order valence-electron chi connectivity index (χ3n) is 9.19. The molecule has 0 radical (unpaired) electrons. The zero-order valence-electron chi connectivity index (χ0n) is 26.3. The Morgan fingerprint density at radius 1 is 1.04 bits per heavy atom. The summed E-state index contributed by atoms with van der Waals surface area (Å²) < 4.78 is 31.2. The Labute approximate surface area is 275 Å². The maximum absolute atomic E-state index is 14.8. The lowest BCUT2D eigenvalue weighted by Crippen LogP contribution is -2.42. The first-order chi connectivity index (χ1) is 21.4. The van der Waals surface area contributed by atoms with Gasteiger partial charge in [0.1, 0.15) is 24.6 Å². The Kier molecular flexibility index (Phi) is 9.73. The highest BCUT2D eigenvalue weighted by Crippen LogP contribution is 2.50. The maximum atomic E-state index is 14.8. The third-order valence-corrected chi connectivity index (χ3v) is 9.45. The SMILES string of the molecule is Cc1cc(C)c(-c2c3cc(F)c(=O)cc-3oc3cc4c(cc23)C(C)(C)C(C)N4CCOC(=O)N(CCO)CCOOI)cc1C. The van der Waals surface area contributed by atoms with Crippen molar-refractivity contribution in [2.24, 2.45) is 0 Å². The monoisotopic (exact) mass is 732 g/mol. The van der Waals surface area contributed by atoms with Crippen LogP contribution in [-0.4, -0.2) is 61.6 Å². The molecular formula is C34H38FIN2O7. The van der Waals surface area contributed by atoms with Gasteiger partial charge in [0, 0.05) is 52.3 Å². The molecule has 1 atom stereocenters. The number of nitrogens with zero attached hydrogens (tertiary/aromatic N) is 2. The number of ether oxygens (including phenoxy) is 1. The first-order valence-electron chi connectivity index (χ1n) is 14.9. The molecule has 3 aliphatic rings. The highest BCUT2D eigenvalue weighted by Gasteiger charge is 2.42. The number of anilines is 1. The van der Waals surface area contributed by atoms with Crippen molar-refractivity contribution in [2.45, 2.75) is 53.0 Å². The summed E-state index contributed by atoms with van der Waals surface area (Å²) in [6, 6.07) is 10.9. The number of amides is 1. The first-order valence-corrected chi connectivity index (χ1v) is 15.8. The van der Waals surface area contributed by atoms with Crippen LogP contribution < -0.4 is 10.3 Å². The lowest BCUT2D eigenvalue weighted by Gasteiger charge is -2.31. The van der Waals surface area contributed by atoms with Crippen LogP contribution in [0.2, 0.25) is 0 Å². The molecule has 1 amide bonds. The molecule has 45 heavy (non-hydrogen) atoms. The summed E-state index contributed by atoms with van der Waals surface area (Å²) in [5, 5.41) is 10.2. The van der Waals surface area contributed by atoms with E-state index in [1.165, 1.54) is 17.0 Å². The summed E-state index contributed by atoms with van der Waals surface area (Å²) in [6.45, 7) is 13.4. The average Bonchev–Trinajstić information content (AvgIpc) is 3.17. The molecule has 5 rings (SSSR count). The average molecular weight is 733 g/mol. The number of hydrogen-bond acceptors (Lipinski definition) is 8. The van der Waals surface area contributed by atoms with Gasteiger partial charge in [-0.05, 0) is 67.6 Å². The molecule has 0 spiro atoms. The Hall–Kier alpha value is -3.26. The van der Waals surface area contributed by atoms with Crippen LogP contribution in [-0.2, 0) is 18.3 Å². The molecule has 0 saturated carbocycles. The number of benzene rings is 3. The van der Waals surface area contributed by atoms with Gasteiger partial charge >= 0.3 is 6.09 Å². The maximum Gasteiger partial charge on any atom is 0.409 e. The fourth-order valence-corrected chi connectivity index (χ4v) is 6.43. The van der Waals surface area contributed by atoms with Gasteiger partial charge in [-0.3, -0.25) is 4.79 Å². The Bertz CT molecular complexity index is 1770. The molecule has 2 aromatic rings. The predicted molar refractivity (Wildman–Crippen MR) is 180 cm³/mol. The number of halogens is 2. The van der Waals surface area contributed by atoms with Crippen molar-refractivity contribution in [2.75, 3.05) is 44.4 Å². The summed E-state index contributed by atoms with van der Waals surface area (Å²) in [6.07, 6.45) is -0.554. The van der Waals surface area contributed by atoms with Gasteiger partial charge in [-0.15, -0.1) is 0 Å². The van der Waals surface area contributed by atoms with Crippen LogP contribution in [0.3, 0.4) is 0 Å². The summed E-state index contributed by atoms with van der Waals surface area (Å²) in [7, 11) is 0. The van der Waals surface area contributed by atoms with E-state index in [0.29, 0.717) is 23.5 Å². The molecule has 1 unspecified atom stereocenters. The number of carbonyl (C=O) groups excluding carboxylic acids is 1. The molecule has 9 nitrogen and oxygen atoms in total. The van der Waals surface area contributed by atoms with Gasteiger partial charge in [0.25, 0.3) is 0 Å². The van der Waals surface area contributed by atoms with Crippen molar-refractivity contribution in [3.8, 4) is 22.5 Å². The van der Waals surface area contributed by atoms with Crippen molar-refractivity contribution in [1.82, 2.24) is 4.90 Å². The normalized spacial score (nSPS) is 15.6. The molecule has 11 heteroatoms. The summed E-state index contributed by atoms with van der Waals surface area (Å²) >= 11 is 1.59. The van der Waals surface area contributed by atoms with E-state index < -0.39 is 17.3 Å². The lowest BCUT2D eigenvalue weighted by molar-refractivity contribution is -0.168. The van der Waals surface area contributed by atoms with Crippen LogP contribution in [0.1, 0.15) is 43.0 Å². The largest absolute Gasteiger partial charge is 0.456 e. The van der Waals surface area contributed by atoms with Crippen LogP contribution in [0.25, 0.3) is 33.4 Å². The van der Waals surface area contributed by atoms with Crippen LogP contribution in [0, 0.1) is 26.6 Å². The van der Waals surface area contributed by atoms with Crippen LogP contribution in [0.5, 0.6) is 0 Å². The molecular weight excluding hydrogens is 694 g/mol. The third kappa shape index (κ3) is 6.27. The zero-order valence-corrected chi connectivity index (χ0v) is 28.5. The first kappa shape index (κ1) is 33.1. The minimum absolute atomic E-state index is 0.0395. The van der Waals surface area contributed by atoms with Gasteiger partial charge in [0.15, 0.2) is 28.8 Å². The fraction of sp³-hybridized carbons (Fsp3) is 0.412.